The summed E-state index contributed by atoms with van der Waals surface area (Å²) in [5, 5.41) is 8.86. The van der Waals surface area contributed by atoms with Crippen LogP contribution in [0.4, 0.5) is 0 Å². The summed E-state index contributed by atoms with van der Waals surface area (Å²) in [5.41, 5.74) is 0. The molecule has 1 rings (SSSR count). The van der Waals surface area contributed by atoms with Crippen LogP contribution < -0.4 is 0 Å². The Morgan fingerprint density at radius 3 is 2.60 bits per heavy atom. The normalized spacial score (nSPS) is 22.1. The Hall–Kier alpha value is -0.610. The SMILES string of the molecule is CCC(COC)N1CC(C(C)C(=O)O)C1. The minimum absolute atomic E-state index is 0.221. The molecule has 0 bridgehead atoms. The molecule has 0 aromatic rings. The first-order chi connectivity index (χ1) is 7.10. The summed E-state index contributed by atoms with van der Waals surface area (Å²) in [4.78, 5) is 13.1. The van der Waals surface area contributed by atoms with Crippen molar-refractivity contribution in [3.8, 4) is 0 Å². The number of rotatable bonds is 6. The van der Waals surface area contributed by atoms with Crippen molar-refractivity contribution >= 4 is 5.97 Å². The fourth-order valence-corrected chi connectivity index (χ4v) is 2.04. The van der Waals surface area contributed by atoms with Gasteiger partial charge >= 0.3 is 5.97 Å². The maximum Gasteiger partial charge on any atom is 0.306 e. The van der Waals surface area contributed by atoms with E-state index in [1.165, 1.54) is 0 Å². The van der Waals surface area contributed by atoms with Crippen molar-refractivity contribution in [2.24, 2.45) is 11.8 Å². The average molecular weight is 215 g/mol. The number of hydrogen-bond acceptors (Lipinski definition) is 3. The summed E-state index contributed by atoms with van der Waals surface area (Å²) in [5.74, 6) is -0.589. The third-order valence-electron chi connectivity index (χ3n) is 3.38. The maximum absolute atomic E-state index is 10.8. The van der Waals surface area contributed by atoms with E-state index in [9.17, 15) is 4.79 Å². The molecule has 88 valence electrons. The molecule has 15 heavy (non-hydrogen) atoms. The molecule has 0 spiro atoms. The van der Waals surface area contributed by atoms with Crippen LogP contribution in [0.15, 0.2) is 0 Å². The van der Waals surface area contributed by atoms with E-state index in [4.69, 9.17) is 9.84 Å². The molecule has 0 aromatic carbocycles. The zero-order valence-electron chi connectivity index (χ0n) is 9.77. The van der Waals surface area contributed by atoms with Crippen LogP contribution in [-0.4, -0.2) is 48.8 Å². The molecule has 0 radical (unpaired) electrons. The molecule has 1 aliphatic rings. The van der Waals surface area contributed by atoms with Crippen LogP contribution >= 0.6 is 0 Å². The van der Waals surface area contributed by atoms with E-state index in [0.29, 0.717) is 12.0 Å². The van der Waals surface area contributed by atoms with Crippen molar-refractivity contribution in [1.29, 1.82) is 0 Å². The fourth-order valence-electron chi connectivity index (χ4n) is 2.04. The number of carbonyl (C=O) groups is 1. The highest BCUT2D eigenvalue weighted by molar-refractivity contribution is 5.70. The highest BCUT2D eigenvalue weighted by Crippen LogP contribution is 2.26. The largest absolute Gasteiger partial charge is 0.481 e. The highest BCUT2D eigenvalue weighted by atomic mass is 16.5. The van der Waals surface area contributed by atoms with Crippen LogP contribution in [0.5, 0.6) is 0 Å². The number of likely N-dealkylation sites (tertiary alicyclic amines) is 1. The second-order valence-electron chi connectivity index (χ2n) is 4.36. The van der Waals surface area contributed by atoms with E-state index < -0.39 is 5.97 Å². The lowest BCUT2D eigenvalue weighted by Crippen LogP contribution is -2.56. The Morgan fingerprint density at radius 1 is 1.60 bits per heavy atom. The Kier molecular flexibility index (Phi) is 4.54. The Balaban J connectivity index is 2.32. The second-order valence-corrected chi connectivity index (χ2v) is 4.36. The van der Waals surface area contributed by atoms with Crippen LogP contribution in [0.3, 0.4) is 0 Å². The number of methoxy groups -OCH3 is 1. The van der Waals surface area contributed by atoms with Crippen molar-refractivity contribution in [3.63, 3.8) is 0 Å². The molecule has 1 saturated heterocycles. The predicted octanol–water partition coefficient (Wildman–Crippen LogP) is 1.06. The molecule has 1 heterocycles. The first kappa shape index (κ1) is 12.5. The number of carboxylic acids is 1. The number of carboxylic acid groups (broad SMARTS) is 1. The molecule has 1 aliphatic heterocycles. The van der Waals surface area contributed by atoms with Gasteiger partial charge in [0.05, 0.1) is 12.5 Å². The van der Waals surface area contributed by atoms with Gasteiger partial charge in [-0.2, -0.15) is 0 Å². The van der Waals surface area contributed by atoms with E-state index >= 15 is 0 Å². The van der Waals surface area contributed by atoms with E-state index in [1.807, 2.05) is 0 Å². The minimum atomic E-state index is -0.681. The maximum atomic E-state index is 10.8. The summed E-state index contributed by atoms with van der Waals surface area (Å²) >= 11 is 0. The second kappa shape index (κ2) is 5.47. The molecule has 4 nitrogen and oxygen atoms in total. The van der Waals surface area contributed by atoms with Gasteiger partial charge in [-0.05, 0) is 12.3 Å². The van der Waals surface area contributed by atoms with Crippen molar-refractivity contribution in [3.05, 3.63) is 0 Å². The van der Waals surface area contributed by atoms with Gasteiger partial charge in [0, 0.05) is 26.2 Å². The molecule has 1 N–H and O–H groups in total. The number of ether oxygens (including phenoxy) is 1. The standard InChI is InChI=1S/C11H21NO3/c1-4-10(7-15-3)12-5-9(6-12)8(2)11(13)14/h8-10H,4-7H2,1-3H3,(H,13,14). The van der Waals surface area contributed by atoms with Crippen LogP contribution in [0, 0.1) is 11.8 Å². The zero-order valence-corrected chi connectivity index (χ0v) is 9.77. The number of hydrogen-bond donors (Lipinski definition) is 1. The van der Waals surface area contributed by atoms with E-state index in [-0.39, 0.29) is 5.92 Å². The quantitative estimate of drug-likeness (QED) is 0.720. The van der Waals surface area contributed by atoms with Gasteiger partial charge < -0.3 is 9.84 Å². The summed E-state index contributed by atoms with van der Waals surface area (Å²) in [6, 6.07) is 0.451. The third kappa shape index (κ3) is 2.92. The highest BCUT2D eigenvalue weighted by Gasteiger charge is 2.37. The van der Waals surface area contributed by atoms with Gasteiger partial charge in [0.1, 0.15) is 0 Å². The zero-order chi connectivity index (χ0) is 11.4. The van der Waals surface area contributed by atoms with Gasteiger partial charge in [-0.25, -0.2) is 0 Å². The lowest BCUT2D eigenvalue weighted by atomic mass is 9.86. The van der Waals surface area contributed by atoms with Gasteiger partial charge in [-0.15, -0.1) is 0 Å². The van der Waals surface area contributed by atoms with E-state index in [1.54, 1.807) is 14.0 Å². The third-order valence-corrected chi connectivity index (χ3v) is 3.38. The van der Waals surface area contributed by atoms with E-state index in [0.717, 1.165) is 26.1 Å². The molecule has 0 aliphatic carbocycles. The first-order valence-corrected chi connectivity index (χ1v) is 5.55. The molecule has 4 heteroatoms. The van der Waals surface area contributed by atoms with Crippen LogP contribution in [0.25, 0.3) is 0 Å². The molecule has 1 fully saturated rings. The van der Waals surface area contributed by atoms with Crippen molar-refractivity contribution in [2.45, 2.75) is 26.3 Å². The van der Waals surface area contributed by atoms with Crippen molar-refractivity contribution in [2.75, 3.05) is 26.8 Å². The fraction of sp³-hybridized carbons (Fsp3) is 0.909. The van der Waals surface area contributed by atoms with Gasteiger partial charge in [-0.3, -0.25) is 9.69 Å². The number of aliphatic carboxylic acids is 1. The van der Waals surface area contributed by atoms with Crippen molar-refractivity contribution < 1.29 is 14.6 Å². The molecule has 0 saturated carbocycles. The molecule has 2 unspecified atom stereocenters. The van der Waals surface area contributed by atoms with Crippen LogP contribution in [-0.2, 0) is 9.53 Å². The smallest absolute Gasteiger partial charge is 0.306 e. The van der Waals surface area contributed by atoms with Crippen LogP contribution in [0.1, 0.15) is 20.3 Å². The lowest BCUT2D eigenvalue weighted by Gasteiger charge is -2.45. The minimum Gasteiger partial charge on any atom is -0.481 e. The summed E-state index contributed by atoms with van der Waals surface area (Å²) in [6.45, 7) is 6.47. The summed E-state index contributed by atoms with van der Waals surface area (Å²) < 4.78 is 5.14. The Labute approximate surface area is 91.2 Å². The molecule has 0 amide bonds. The first-order valence-electron chi connectivity index (χ1n) is 5.55. The summed E-state index contributed by atoms with van der Waals surface area (Å²) in [6.07, 6.45) is 1.06. The topological polar surface area (TPSA) is 49.8 Å². The van der Waals surface area contributed by atoms with Gasteiger partial charge in [0.2, 0.25) is 0 Å². The lowest BCUT2D eigenvalue weighted by molar-refractivity contribution is -0.146. The molecule has 0 aromatic heterocycles. The van der Waals surface area contributed by atoms with E-state index in [2.05, 4.69) is 11.8 Å². The van der Waals surface area contributed by atoms with Crippen molar-refractivity contribution in [1.82, 2.24) is 4.90 Å². The predicted molar refractivity (Wildman–Crippen MR) is 57.8 cm³/mol. The van der Waals surface area contributed by atoms with Gasteiger partial charge in [0.25, 0.3) is 0 Å². The summed E-state index contributed by atoms with van der Waals surface area (Å²) in [7, 11) is 1.71. The Morgan fingerprint density at radius 2 is 2.20 bits per heavy atom. The molecular weight excluding hydrogens is 194 g/mol. The monoisotopic (exact) mass is 215 g/mol. The molecular formula is C11H21NO3. The molecule has 2 atom stereocenters. The van der Waals surface area contributed by atoms with Gasteiger partial charge in [-0.1, -0.05) is 13.8 Å². The average Bonchev–Trinajstić information content (AvgIpc) is 2.13. The number of nitrogens with zero attached hydrogens (tertiary/aromatic N) is 1. The van der Waals surface area contributed by atoms with Gasteiger partial charge in [0.15, 0.2) is 0 Å². The van der Waals surface area contributed by atoms with Crippen LogP contribution in [0.2, 0.25) is 0 Å². The Bertz CT molecular complexity index is 214.